The Morgan fingerprint density at radius 2 is 2.00 bits per heavy atom. The predicted octanol–water partition coefficient (Wildman–Crippen LogP) is 0.899. The smallest absolute Gasteiger partial charge is 0.251 e. The molecule has 0 saturated carbocycles. The Kier molecular flexibility index (Phi) is 4.90. The molecule has 0 saturated heterocycles. The van der Waals surface area contributed by atoms with Gasteiger partial charge in [0.2, 0.25) is 12.7 Å². The molecule has 1 aromatic heterocycles. The quantitative estimate of drug-likeness (QED) is 0.823. The number of carbonyl (C=O) groups excluding carboxylic acids is 2. The maximum absolute atomic E-state index is 12.0. The van der Waals surface area contributed by atoms with Gasteiger partial charge in [0.25, 0.3) is 5.91 Å². The van der Waals surface area contributed by atoms with E-state index in [-0.39, 0.29) is 25.2 Å². The van der Waals surface area contributed by atoms with E-state index in [1.807, 2.05) is 12.1 Å². The van der Waals surface area contributed by atoms with Gasteiger partial charge >= 0.3 is 0 Å². The minimum atomic E-state index is -0.337. The van der Waals surface area contributed by atoms with Gasteiger partial charge in [-0.3, -0.25) is 14.6 Å². The van der Waals surface area contributed by atoms with E-state index in [1.165, 1.54) is 0 Å². The molecule has 124 valence electrons. The molecule has 1 aromatic carbocycles. The van der Waals surface area contributed by atoms with Crippen LogP contribution in [-0.2, 0) is 11.2 Å². The van der Waals surface area contributed by atoms with Crippen molar-refractivity contribution < 1.29 is 19.1 Å². The second kappa shape index (κ2) is 7.45. The summed E-state index contributed by atoms with van der Waals surface area (Å²) in [6, 6.07) is 8.69. The SMILES string of the molecule is O=C(CNC(=O)c1ccc2c(c1)OCO2)NCCc1cccnc1. The number of nitrogens with one attached hydrogen (secondary N) is 2. The minimum Gasteiger partial charge on any atom is -0.454 e. The molecular formula is C17H17N3O4. The third-order valence-corrected chi connectivity index (χ3v) is 3.50. The molecule has 7 nitrogen and oxygen atoms in total. The van der Waals surface area contributed by atoms with E-state index >= 15 is 0 Å². The van der Waals surface area contributed by atoms with Crippen molar-refractivity contribution in [2.45, 2.75) is 6.42 Å². The molecular weight excluding hydrogens is 310 g/mol. The molecule has 0 unspecified atom stereocenters. The monoisotopic (exact) mass is 327 g/mol. The third kappa shape index (κ3) is 4.01. The lowest BCUT2D eigenvalue weighted by Gasteiger charge is -2.07. The summed E-state index contributed by atoms with van der Waals surface area (Å²) in [5, 5.41) is 5.33. The van der Waals surface area contributed by atoms with Crippen LogP contribution in [0.3, 0.4) is 0 Å². The Hall–Kier alpha value is -3.09. The van der Waals surface area contributed by atoms with E-state index in [1.54, 1.807) is 30.6 Å². The Bertz CT molecular complexity index is 734. The Labute approximate surface area is 139 Å². The molecule has 2 N–H and O–H groups in total. The van der Waals surface area contributed by atoms with E-state index in [4.69, 9.17) is 9.47 Å². The Morgan fingerprint density at radius 3 is 2.83 bits per heavy atom. The highest BCUT2D eigenvalue weighted by molar-refractivity contribution is 5.97. The van der Waals surface area contributed by atoms with Gasteiger partial charge in [-0.25, -0.2) is 0 Å². The molecule has 0 atom stereocenters. The van der Waals surface area contributed by atoms with Crippen LogP contribution >= 0.6 is 0 Å². The molecule has 1 aliphatic heterocycles. The van der Waals surface area contributed by atoms with E-state index in [2.05, 4.69) is 15.6 Å². The third-order valence-electron chi connectivity index (χ3n) is 3.50. The van der Waals surface area contributed by atoms with Crippen LogP contribution < -0.4 is 20.1 Å². The first-order chi connectivity index (χ1) is 11.7. The molecule has 24 heavy (non-hydrogen) atoms. The highest BCUT2D eigenvalue weighted by Gasteiger charge is 2.16. The van der Waals surface area contributed by atoms with E-state index < -0.39 is 0 Å². The summed E-state index contributed by atoms with van der Waals surface area (Å²) in [4.78, 5) is 27.8. The molecule has 0 spiro atoms. The zero-order valence-corrected chi connectivity index (χ0v) is 13.0. The summed E-state index contributed by atoms with van der Waals surface area (Å²) in [5.74, 6) is 0.562. The number of fused-ring (bicyclic) bond motifs is 1. The summed E-state index contributed by atoms with van der Waals surface area (Å²) in [6.07, 6.45) is 4.15. The molecule has 0 fully saturated rings. The van der Waals surface area contributed by atoms with E-state index in [0.717, 1.165) is 5.56 Å². The number of hydrogen-bond acceptors (Lipinski definition) is 5. The second-order valence-corrected chi connectivity index (χ2v) is 5.21. The van der Waals surface area contributed by atoms with Crippen molar-refractivity contribution in [3.05, 3.63) is 53.9 Å². The van der Waals surface area contributed by atoms with Gasteiger partial charge in [-0.2, -0.15) is 0 Å². The van der Waals surface area contributed by atoms with Gasteiger partial charge < -0.3 is 20.1 Å². The number of rotatable bonds is 6. The molecule has 2 amide bonds. The highest BCUT2D eigenvalue weighted by Crippen LogP contribution is 2.32. The standard InChI is InChI=1S/C17H17N3O4/c21-16(19-7-5-12-2-1-6-18-9-12)10-20-17(22)13-3-4-14-15(8-13)24-11-23-14/h1-4,6,8-9H,5,7,10-11H2,(H,19,21)(H,20,22). The predicted molar refractivity (Wildman–Crippen MR) is 85.8 cm³/mol. The second-order valence-electron chi connectivity index (χ2n) is 5.21. The number of ether oxygens (including phenoxy) is 2. The van der Waals surface area contributed by atoms with E-state index in [0.29, 0.717) is 30.0 Å². The Balaban J connectivity index is 1.41. The average Bonchev–Trinajstić information content (AvgIpc) is 3.08. The zero-order valence-electron chi connectivity index (χ0n) is 13.0. The molecule has 2 heterocycles. The van der Waals surface area contributed by atoms with Crippen LogP contribution in [0.15, 0.2) is 42.7 Å². The molecule has 2 aromatic rings. The normalized spacial score (nSPS) is 11.8. The van der Waals surface area contributed by atoms with Crippen molar-refractivity contribution in [3.63, 3.8) is 0 Å². The fourth-order valence-electron chi connectivity index (χ4n) is 2.26. The number of carbonyl (C=O) groups is 2. The van der Waals surface area contributed by atoms with Crippen molar-refractivity contribution >= 4 is 11.8 Å². The first kappa shape index (κ1) is 15.8. The number of pyridine rings is 1. The van der Waals surface area contributed by atoms with Crippen LogP contribution in [0.25, 0.3) is 0 Å². The maximum Gasteiger partial charge on any atom is 0.251 e. The lowest BCUT2D eigenvalue weighted by molar-refractivity contribution is -0.120. The largest absolute Gasteiger partial charge is 0.454 e. The van der Waals surface area contributed by atoms with Gasteiger partial charge in [0.05, 0.1) is 6.54 Å². The van der Waals surface area contributed by atoms with Crippen LogP contribution in [0.5, 0.6) is 11.5 Å². The van der Waals surface area contributed by atoms with E-state index in [9.17, 15) is 9.59 Å². The van der Waals surface area contributed by atoms with Crippen LogP contribution in [0.1, 0.15) is 15.9 Å². The lowest BCUT2D eigenvalue weighted by Crippen LogP contribution is -2.37. The summed E-state index contributed by atoms with van der Waals surface area (Å²) in [6.45, 7) is 0.560. The van der Waals surface area contributed by atoms with Gasteiger partial charge in [0.15, 0.2) is 11.5 Å². The van der Waals surface area contributed by atoms with Gasteiger partial charge in [0, 0.05) is 24.5 Å². The molecule has 0 radical (unpaired) electrons. The maximum atomic E-state index is 12.0. The van der Waals surface area contributed by atoms with Crippen LogP contribution in [0, 0.1) is 0 Å². The summed E-state index contributed by atoms with van der Waals surface area (Å²) in [5.41, 5.74) is 1.46. The van der Waals surface area contributed by atoms with Gasteiger partial charge in [-0.05, 0) is 36.2 Å². The number of hydrogen-bond donors (Lipinski definition) is 2. The molecule has 7 heteroatoms. The van der Waals surface area contributed by atoms with Crippen LogP contribution in [0.2, 0.25) is 0 Å². The van der Waals surface area contributed by atoms with Gasteiger partial charge in [-0.15, -0.1) is 0 Å². The van der Waals surface area contributed by atoms with Crippen molar-refractivity contribution in [1.82, 2.24) is 15.6 Å². The van der Waals surface area contributed by atoms with Gasteiger partial charge in [0.1, 0.15) is 0 Å². The van der Waals surface area contributed by atoms with Crippen molar-refractivity contribution in [2.24, 2.45) is 0 Å². The lowest BCUT2D eigenvalue weighted by atomic mass is 10.2. The fourth-order valence-corrected chi connectivity index (χ4v) is 2.26. The van der Waals surface area contributed by atoms with Gasteiger partial charge in [-0.1, -0.05) is 6.07 Å². The minimum absolute atomic E-state index is 0.0830. The summed E-state index contributed by atoms with van der Waals surface area (Å²) < 4.78 is 10.4. The molecule has 0 aliphatic carbocycles. The van der Waals surface area contributed by atoms with Crippen molar-refractivity contribution in [3.8, 4) is 11.5 Å². The first-order valence-corrected chi connectivity index (χ1v) is 7.56. The average molecular weight is 327 g/mol. The summed E-state index contributed by atoms with van der Waals surface area (Å²) in [7, 11) is 0. The zero-order chi connectivity index (χ0) is 16.8. The van der Waals surface area contributed by atoms with Crippen molar-refractivity contribution in [1.29, 1.82) is 0 Å². The summed E-state index contributed by atoms with van der Waals surface area (Å²) >= 11 is 0. The number of nitrogens with zero attached hydrogens (tertiary/aromatic N) is 1. The highest BCUT2D eigenvalue weighted by atomic mass is 16.7. The number of aromatic nitrogens is 1. The topological polar surface area (TPSA) is 89.6 Å². The van der Waals surface area contributed by atoms with Crippen LogP contribution in [0.4, 0.5) is 0 Å². The molecule has 0 bridgehead atoms. The number of amides is 2. The van der Waals surface area contributed by atoms with Crippen LogP contribution in [-0.4, -0.2) is 36.7 Å². The Morgan fingerprint density at radius 1 is 1.12 bits per heavy atom. The molecule has 1 aliphatic rings. The molecule has 3 rings (SSSR count). The number of benzene rings is 1. The fraction of sp³-hybridized carbons (Fsp3) is 0.235. The van der Waals surface area contributed by atoms with Crippen molar-refractivity contribution in [2.75, 3.05) is 19.9 Å². The first-order valence-electron chi connectivity index (χ1n) is 7.56.